The van der Waals surface area contributed by atoms with Crippen LogP contribution in [0.25, 0.3) is 0 Å². The molecule has 0 spiro atoms. The van der Waals surface area contributed by atoms with Crippen LogP contribution in [-0.4, -0.2) is 29.8 Å². The fourth-order valence-electron chi connectivity index (χ4n) is 2.86. The summed E-state index contributed by atoms with van der Waals surface area (Å²) in [5.74, 6) is 0.210. The minimum Gasteiger partial charge on any atom is -0.396 e. The van der Waals surface area contributed by atoms with Crippen LogP contribution in [0.2, 0.25) is 0 Å². The van der Waals surface area contributed by atoms with E-state index in [1.165, 1.54) is 5.56 Å². The molecule has 1 aromatic heterocycles. The lowest BCUT2D eigenvalue weighted by molar-refractivity contribution is 0.153. The lowest BCUT2D eigenvalue weighted by Crippen LogP contribution is -2.50. The van der Waals surface area contributed by atoms with Gasteiger partial charge in [0.25, 0.3) is 0 Å². The minimum atomic E-state index is -0.113. The summed E-state index contributed by atoms with van der Waals surface area (Å²) < 4.78 is 0. The van der Waals surface area contributed by atoms with Gasteiger partial charge >= 0.3 is 6.03 Å². The van der Waals surface area contributed by atoms with Crippen LogP contribution in [0.3, 0.4) is 0 Å². The Labute approximate surface area is 124 Å². The molecule has 0 radical (unpaired) electrons. The van der Waals surface area contributed by atoms with Gasteiger partial charge < -0.3 is 15.7 Å². The molecule has 5 heteroatoms. The number of rotatable bonds is 5. The highest BCUT2D eigenvalue weighted by Gasteiger charge is 2.26. The van der Waals surface area contributed by atoms with E-state index in [0.29, 0.717) is 0 Å². The Kier molecular flexibility index (Phi) is 5.86. The smallest absolute Gasteiger partial charge is 0.315 e. The highest BCUT2D eigenvalue weighted by Crippen LogP contribution is 2.23. The lowest BCUT2D eigenvalue weighted by atomic mass is 9.85. The summed E-state index contributed by atoms with van der Waals surface area (Å²) >= 11 is 1.68. The molecule has 1 fully saturated rings. The van der Waals surface area contributed by atoms with Crippen LogP contribution < -0.4 is 10.6 Å². The van der Waals surface area contributed by atoms with Crippen molar-refractivity contribution in [3.05, 3.63) is 22.4 Å². The van der Waals surface area contributed by atoms with Gasteiger partial charge in [-0.2, -0.15) is 11.3 Å². The van der Waals surface area contributed by atoms with Crippen molar-refractivity contribution < 1.29 is 9.90 Å². The highest BCUT2D eigenvalue weighted by atomic mass is 32.1. The summed E-state index contributed by atoms with van der Waals surface area (Å²) in [6.45, 7) is 2.18. The van der Waals surface area contributed by atoms with Gasteiger partial charge in [0.15, 0.2) is 0 Å². The average Bonchev–Trinajstić information content (AvgIpc) is 2.91. The SMILES string of the molecule is C[C@H](Cc1ccsc1)NC(=O)N[C@H]1CCCC[C@H]1CO. The zero-order valence-corrected chi connectivity index (χ0v) is 12.8. The summed E-state index contributed by atoms with van der Waals surface area (Å²) in [5.41, 5.74) is 1.26. The predicted octanol–water partition coefficient (Wildman–Crippen LogP) is 2.53. The zero-order chi connectivity index (χ0) is 14.4. The predicted molar refractivity (Wildman–Crippen MR) is 82.0 cm³/mol. The van der Waals surface area contributed by atoms with E-state index in [-0.39, 0.29) is 30.6 Å². The Morgan fingerprint density at radius 2 is 2.30 bits per heavy atom. The highest BCUT2D eigenvalue weighted by molar-refractivity contribution is 7.07. The lowest BCUT2D eigenvalue weighted by Gasteiger charge is -2.31. The normalized spacial score (nSPS) is 24.1. The summed E-state index contributed by atoms with van der Waals surface area (Å²) in [6, 6.07) is 2.20. The Bertz CT molecular complexity index is 408. The molecular weight excluding hydrogens is 272 g/mol. The van der Waals surface area contributed by atoms with Gasteiger partial charge in [0.1, 0.15) is 0 Å². The van der Waals surface area contributed by atoms with Crippen LogP contribution in [0, 0.1) is 5.92 Å². The molecule has 20 heavy (non-hydrogen) atoms. The van der Waals surface area contributed by atoms with Gasteiger partial charge in [0.05, 0.1) is 0 Å². The van der Waals surface area contributed by atoms with Crippen LogP contribution in [0.1, 0.15) is 38.2 Å². The van der Waals surface area contributed by atoms with Gasteiger partial charge in [-0.25, -0.2) is 4.79 Å². The molecule has 0 saturated heterocycles. The van der Waals surface area contributed by atoms with E-state index in [9.17, 15) is 9.90 Å². The van der Waals surface area contributed by atoms with E-state index < -0.39 is 0 Å². The zero-order valence-electron chi connectivity index (χ0n) is 12.0. The third kappa shape index (κ3) is 4.49. The minimum absolute atomic E-state index is 0.112. The molecule has 3 atom stereocenters. The molecule has 1 aromatic rings. The maximum Gasteiger partial charge on any atom is 0.315 e. The second-order valence-corrected chi connectivity index (χ2v) is 6.47. The number of urea groups is 1. The Hall–Kier alpha value is -1.07. The molecule has 1 aliphatic rings. The molecule has 112 valence electrons. The number of nitrogens with one attached hydrogen (secondary N) is 2. The molecule has 3 N–H and O–H groups in total. The molecule has 0 unspecified atom stereocenters. The summed E-state index contributed by atoms with van der Waals surface area (Å²) in [5, 5.41) is 19.5. The summed E-state index contributed by atoms with van der Waals surface area (Å²) in [4.78, 5) is 12.0. The van der Waals surface area contributed by atoms with Crippen LogP contribution in [0.4, 0.5) is 4.79 Å². The molecule has 0 aliphatic heterocycles. The second kappa shape index (κ2) is 7.64. The second-order valence-electron chi connectivity index (χ2n) is 5.69. The first-order valence-corrected chi connectivity index (χ1v) is 8.32. The Morgan fingerprint density at radius 3 is 3.00 bits per heavy atom. The largest absolute Gasteiger partial charge is 0.396 e. The standard InChI is InChI=1S/C15H24N2O2S/c1-11(8-12-6-7-20-10-12)16-15(19)17-14-5-3-2-4-13(14)9-18/h6-7,10-11,13-14,18H,2-5,8-9H2,1H3,(H2,16,17,19)/t11-,13+,14+/m1/s1. The number of amides is 2. The molecule has 0 bridgehead atoms. The molecule has 0 aromatic carbocycles. The monoisotopic (exact) mass is 296 g/mol. The van der Waals surface area contributed by atoms with E-state index >= 15 is 0 Å². The van der Waals surface area contributed by atoms with Crippen molar-refractivity contribution in [2.45, 2.75) is 51.1 Å². The van der Waals surface area contributed by atoms with E-state index in [1.54, 1.807) is 11.3 Å². The molecule has 1 aliphatic carbocycles. The van der Waals surface area contributed by atoms with Crippen molar-refractivity contribution >= 4 is 17.4 Å². The molecule has 1 heterocycles. The van der Waals surface area contributed by atoms with Crippen LogP contribution in [-0.2, 0) is 6.42 Å². The van der Waals surface area contributed by atoms with Crippen molar-refractivity contribution in [3.8, 4) is 0 Å². The van der Waals surface area contributed by atoms with E-state index in [0.717, 1.165) is 32.1 Å². The number of carbonyl (C=O) groups excluding carboxylic acids is 1. The van der Waals surface area contributed by atoms with Gasteiger partial charge in [-0.1, -0.05) is 12.8 Å². The number of aliphatic hydroxyl groups is 1. The first kappa shape index (κ1) is 15.3. The fourth-order valence-corrected chi connectivity index (χ4v) is 3.54. The molecule has 4 nitrogen and oxygen atoms in total. The van der Waals surface area contributed by atoms with Crippen molar-refractivity contribution in [2.24, 2.45) is 5.92 Å². The average molecular weight is 296 g/mol. The number of aliphatic hydroxyl groups excluding tert-OH is 1. The number of hydrogen-bond acceptors (Lipinski definition) is 3. The van der Waals surface area contributed by atoms with Crippen molar-refractivity contribution in [1.29, 1.82) is 0 Å². The molecule has 1 saturated carbocycles. The quantitative estimate of drug-likeness (QED) is 0.782. The topological polar surface area (TPSA) is 61.4 Å². The van der Waals surface area contributed by atoms with Crippen molar-refractivity contribution in [1.82, 2.24) is 10.6 Å². The summed E-state index contributed by atoms with van der Waals surface area (Å²) in [6.07, 6.45) is 5.11. The number of hydrogen-bond donors (Lipinski definition) is 3. The first-order chi connectivity index (χ1) is 9.69. The van der Waals surface area contributed by atoms with Gasteiger partial charge in [0, 0.05) is 24.6 Å². The van der Waals surface area contributed by atoms with Gasteiger partial charge in [-0.15, -0.1) is 0 Å². The molecular formula is C15H24N2O2S. The summed E-state index contributed by atoms with van der Waals surface area (Å²) in [7, 11) is 0. The van der Waals surface area contributed by atoms with Crippen LogP contribution in [0.5, 0.6) is 0 Å². The first-order valence-electron chi connectivity index (χ1n) is 7.38. The number of carbonyl (C=O) groups is 1. The van der Waals surface area contributed by atoms with E-state index in [4.69, 9.17) is 0 Å². The molecule has 2 rings (SSSR count). The molecule has 2 amide bonds. The fraction of sp³-hybridized carbons (Fsp3) is 0.667. The van der Waals surface area contributed by atoms with E-state index in [2.05, 4.69) is 27.5 Å². The number of thiophene rings is 1. The van der Waals surface area contributed by atoms with Crippen LogP contribution in [0.15, 0.2) is 16.8 Å². The van der Waals surface area contributed by atoms with Crippen LogP contribution >= 0.6 is 11.3 Å². The van der Waals surface area contributed by atoms with Gasteiger partial charge in [-0.3, -0.25) is 0 Å². The van der Waals surface area contributed by atoms with E-state index in [1.807, 2.05) is 6.92 Å². The Morgan fingerprint density at radius 1 is 1.50 bits per heavy atom. The maximum atomic E-state index is 12.0. The van der Waals surface area contributed by atoms with Crippen molar-refractivity contribution in [2.75, 3.05) is 6.61 Å². The third-order valence-corrected chi connectivity index (χ3v) is 4.69. The van der Waals surface area contributed by atoms with Gasteiger partial charge in [0.2, 0.25) is 0 Å². The van der Waals surface area contributed by atoms with Crippen molar-refractivity contribution in [3.63, 3.8) is 0 Å². The Balaban J connectivity index is 1.76. The van der Waals surface area contributed by atoms with Gasteiger partial charge in [-0.05, 0) is 48.6 Å². The third-order valence-electron chi connectivity index (χ3n) is 3.96. The maximum absolute atomic E-state index is 12.0.